The van der Waals surface area contributed by atoms with Gasteiger partial charge in [0, 0.05) is 13.1 Å². The maximum absolute atomic E-state index is 10.1. The number of ether oxygens (including phenoxy) is 2. The van der Waals surface area contributed by atoms with Crippen LogP contribution in [0.15, 0.2) is 42.5 Å². The number of rotatable bonds is 7. The highest BCUT2D eigenvalue weighted by Crippen LogP contribution is 2.27. The lowest BCUT2D eigenvalue weighted by Crippen LogP contribution is -2.21. The largest absolute Gasteiger partial charge is 0.508 e. The predicted octanol–water partition coefficient (Wildman–Crippen LogP) is 2.23. The van der Waals surface area contributed by atoms with Crippen LogP contribution in [0.5, 0.6) is 17.2 Å². The Bertz CT molecular complexity index is 615. The van der Waals surface area contributed by atoms with E-state index in [1.807, 2.05) is 18.2 Å². The van der Waals surface area contributed by atoms with Gasteiger partial charge in [0.1, 0.15) is 5.75 Å². The summed E-state index contributed by atoms with van der Waals surface area (Å²) in [5, 5.41) is 22.7. The summed E-state index contributed by atoms with van der Waals surface area (Å²) in [5.74, 6) is 1.51. The molecule has 0 spiro atoms. The summed E-state index contributed by atoms with van der Waals surface area (Å²) in [7, 11) is 3.20. The molecule has 1 unspecified atom stereocenters. The highest BCUT2D eigenvalue weighted by Gasteiger charge is 2.08. The summed E-state index contributed by atoms with van der Waals surface area (Å²) < 4.78 is 10.5. The molecular formula is C17H21NO4. The second kappa shape index (κ2) is 7.68. The number of hydrogen-bond acceptors (Lipinski definition) is 5. The zero-order valence-corrected chi connectivity index (χ0v) is 12.7. The van der Waals surface area contributed by atoms with Crippen molar-refractivity contribution in [1.82, 2.24) is 5.32 Å². The standard InChI is InChI=1S/C17H21NO4/c1-21-16-7-6-12(8-17(16)22-2)10-18-11-15(20)13-4-3-5-14(19)9-13/h3-9,15,18-20H,10-11H2,1-2H3. The summed E-state index contributed by atoms with van der Waals surface area (Å²) in [5.41, 5.74) is 1.71. The number of aliphatic hydroxyl groups is 1. The van der Waals surface area contributed by atoms with Crippen LogP contribution in [0.2, 0.25) is 0 Å². The molecule has 0 aliphatic heterocycles. The van der Waals surface area contributed by atoms with E-state index in [4.69, 9.17) is 9.47 Å². The smallest absolute Gasteiger partial charge is 0.161 e. The third-order valence-electron chi connectivity index (χ3n) is 3.37. The Hall–Kier alpha value is -2.24. The van der Waals surface area contributed by atoms with Crippen molar-refractivity contribution < 1.29 is 19.7 Å². The molecule has 2 rings (SSSR count). The first-order chi connectivity index (χ1) is 10.6. The monoisotopic (exact) mass is 303 g/mol. The van der Waals surface area contributed by atoms with Crippen LogP contribution in [-0.2, 0) is 6.54 Å². The Morgan fingerprint density at radius 3 is 2.50 bits per heavy atom. The summed E-state index contributed by atoms with van der Waals surface area (Å²) in [6, 6.07) is 12.3. The Balaban J connectivity index is 1.91. The summed E-state index contributed by atoms with van der Waals surface area (Å²) in [6.45, 7) is 0.980. The third-order valence-corrected chi connectivity index (χ3v) is 3.37. The summed E-state index contributed by atoms with van der Waals surface area (Å²) in [6.07, 6.45) is -0.674. The molecule has 0 bridgehead atoms. The van der Waals surface area contributed by atoms with Crippen molar-refractivity contribution in [3.8, 4) is 17.2 Å². The number of hydrogen-bond donors (Lipinski definition) is 3. The highest BCUT2D eigenvalue weighted by atomic mass is 16.5. The van der Waals surface area contributed by atoms with Crippen LogP contribution in [0.3, 0.4) is 0 Å². The molecule has 0 heterocycles. The van der Waals surface area contributed by atoms with Crippen molar-refractivity contribution in [1.29, 1.82) is 0 Å². The SMILES string of the molecule is COc1ccc(CNCC(O)c2cccc(O)c2)cc1OC. The summed E-state index contributed by atoms with van der Waals surface area (Å²) in [4.78, 5) is 0. The quantitative estimate of drug-likeness (QED) is 0.732. The van der Waals surface area contributed by atoms with Gasteiger partial charge in [0.2, 0.25) is 0 Å². The van der Waals surface area contributed by atoms with Gasteiger partial charge < -0.3 is 25.0 Å². The van der Waals surface area contributed by atoms with E-state index < -0.39 is 6.10 Å². The molecule has 0 amide bonds. The van der Waals surface area contributed by atoms with Crippen molar-refractivity contribution in [3.05, 3.63) is 53.6 Å². The van der Waals surface area contributed by atoms with Gasteiger partial charge in [0.25, 0.3) is 0 Å². The topological polar surface area (TPSA) is 71.0 Å². The minimum absolute atomic E-state index is 0.149. The van der Waals surface area contributed by atoms with Gasteiger partial charge in [-0.05, 0) is 35.4 Å². The fraction of sp³-hybridized carbons (Fsp3) is 0.294. The average Bonchev–Trinajstić information content (AvgIpc) is 2.54. The lowest BCUT2D eigenvalue weighted by molar-refractivity contribution is 0.174. The predicted molar refractivity (Wildman–Crippen MR) is 84.3 cm³/mol. The molecule has 0 saturated carbocycles. The minimum Gasteiger partial charge on any atom is -0.508 e. The van der Waals surface area contributed by atoms with E-state index in [2.05, 4.69) is 5.32 Å². The zero-order valence-electron chi connectivity index (χ0n) is 12.7. The molecule has 0 fully saturated rings. The molecule has 5 heteroatoms. The van der Waals surface area contributed by atoms with Gasteiger partial charge in [0.15, 0.2) is 11.5 Å². The number of nitrogens with one attached hydrogen (secondary N) is 1. The minimum atomic E-state index is -0.674. The molecule has 5 nitrogen and oxygen atoms in total. The van der Waals surface area contributed by atoms with E-state index in [1.165, 1.54) is 0 Å². The van der Waals surface area contributed by atoms with Gasteiger partial charge in [-0.3, -0.25) is 0 Å². The van der Waals surface area contributed by atoms with Crippen molar-refractivity contribution in [2.45, 2.75) is 12.6 Å². The molecular weight excluding hydrogens is 282 g/mol. The Morgan fingerprint density at radius 2 is 1.82 bits per heavy atom. The lowest BCUT2D eigenvalue weighted by atomic mass is 10.1. The van der Waals surface area contributed by atoms with Crippen LogP contribution in [0.4, 0.5) is 0 Å². The molecule has 1 atom stereocenters. The molecule has 0 aliphatic rings. The number of aromatic hydroxyl groups is 1. The second-order valence-electron chi connectivity index (χ2n) is 4.93. The first-order valence-electron chi connectivity index (χ1n) is 7.02. The molecule has 0 saturated heterocycles. The molecule has 3 N–H and O–H groups in total. The molecule has 0 aromatic heterocycles. The van der Waals surface area contributed by atoms with Gasteiger partial charge >= 0.3 is 0 Å². The number of benzene rings is 2. The van der Waals surface area contributed by atoms with E-state index in [9.17, 15) is 10.2 Å². The van der Waals surface area contributed by atoms with E-state index in [1.54, 1.807) is 38.5 Å². The van der Waals surface area contributed by atoms with Crippen LogP contribution < -0.4 is 14.8 Å². The van der Waals surface area contributed by atoms with Crippen molar-refractivity contribution in [3.63, 3.8) is 0 Å². The van der Waals surface area contributed by atoms with Crippen molar-refractivity contribution in [2.24, 2.45) is 0 Å². The van der Waals surface area contributed by atoms with Crippen LogP contribution in [0.25, 0.3) is 0 Å². The van der Waals surface area contributed by atoms with Crippen molar-refractivity contribution >= 4 is 0 Å². The number of methoxy groups -OCH3 is 2. The third kappa shape index (κ3) is 4.13. The zero-order chi connectivity index (χ0) is 15.9. The molecule has 0 aliphatic carbocycles. The van der Waals surface area contributed by atoms with Gasteiger partial charge in [-0.25, -0.2) is 0 Å². The van der Waals surface area contributed by atoms with Crippen LogP contribution in [0, 0.1) is 0 Å². The van der Waals surface area contributed by atoms with Crippen LogP contribution >= 0.6 is 0 Å². The van der Waals surface area contributed by atoms with Gasteiger partial charge in [-0.2, -0.15) is 0 Å². The molecule has 22 heavy (non-hydrogen) atoms. The average molecular weight is 303 g/mol. The second-order valence-corrected chi connectivity index (χ2v) is 4.93. The van der Waals surface area contributed by atoms with Crippen LogP contribution in [0.1, 0.15) is 17.2 Å². The van der Waals surface area contributed by atoms with Gasteiger partial charge in [-0.15, -0.1) is 0 Å². The van der Waals surface area contributed by atoms with Gasteiger partial charge in [-0.1, -0.05) is 18.2 Å². The first kappa shape index (κ1) is 16.1. The van der Waals surface area contributed by atoms with E-state index >= 15 is 0 Å². The number of phenolic OH excluding ortho intramolecular Hbond substituents is 1. The lowest BCUT2D eigenvalue weighted by Gasteiger charge is -2.13. The number of phenols is 1. The molecule has 0 radical (unpaired) electrons. The fourth-order valence-corrected chi connectivity index (χ4v) is 2.19. The maximum Gasteiger partial charge on any atom is 0.161 e. The molecule has 2 aromatic carbocycles. The Labute approximate surface area is 130 Å². The number of aliphatic hydroxyl groups excluding tert-OH is 1. The van der Waals surface area contributed by atoms with Crippen molar-refractivity contribution in [2.75, 3.05) is 20.8 Å². The Morgan fingerprint density at radius 1 is 1.05 bits per heavy atom. The van der Waals surface area contributed by atoms with E-state index in [0.29, 0.717) is 30.2 Å². The normalized spacial score (nSPS) is 12.0. The van der Waals surface area contributed by atoms with Gasteiger partial charge in [0.05, 0.1) is 20.3 Å². The Kier molecular flexibility index (Phi) is 5.63. The highest BCUT2D eigenvalue weighted by molar-refractivity contribution is 5.42. The van der Waals surface area contributed by atoms with E-state index in [-0.39, 0.29) is 5.75 Å². The first-order valence-corrected chi connectivity index (χ1v) is 7.02. The van der Waals surface area contributed by atoms with Crippen LogP contribution in [-0.4, -0.2) is 31.0 Å². The van der Waals surface area contributed by atoms with E-state index in [0.717, 1.165) is 5.56 Å². The molecule has 2 aromatic rings. The fourth-order valence-electron chi connectivity index (χ4n) is 2.19. The maximum atomic E-state index is 10.1. The summed E-state index contributed by atoms with van der Waals surface area (Å²) >= 11 is 0. The molecule has 118 valence electrons.